The van der Waals surface area contributed by atoms with E-state index >= 15 is 0 Å². The number of unbranched alkanes of at least 4 members (excludes halogenated alkanes) is 2. The van der Waals surface area contributed by atoms with E-state index in [4.69, 9.17) is 76.1 Å². The third-order valence-corrected chi connectivity index (χ3v) is 14.7. The number of nitrogens with two attached hydrogens (primary N) is 2. The molecule has 0 saturated carbocycles. The Kier molecular flexibility index (Phi) is 35.1. The van der Waals surface area contributed by atoms with Gasteiger partial charge in [0.1, 0.15) is 63.1 Å². The van der Waals surface area contributed by atoms with Crippen LogP contribution < -0.4 is 32.7 Å². The second-order valence-corrected chi connectivity index (χ2v) is 22.2. The topological polar surface area (TPSA) is 508 Å². The summed E-state index contributed by atoms with van der Waals surface area (Å²) in [5.74, 6) is 0.537. The molecular formula is C47H87N11O24S2. The highest BCUT2D eigenvalue weighted by Gasteiger charge is 2.49. The summed E-state index contributed by atoms with van der Waals surface area (Å²) in [5.41, 5.74) is 7.09. The Hall–Kier alpha value is -5.28. The van der Waals surface area contributed by atoms with Crippen LogP contribution in [0.25, 0.3) is 0 Å². The average molecular weight is 1250 g/mol. The number of nitrogens with zero attached hydrogens (tertiary/aromatic N) is 3. The van der Waals surface area contributed by atoms with Crippen LogP contribution in [0.4, 0.5) is 14.4 Å². The van der Waals surface area contributed by atoms with Crippen molar-refractivity contribution in [3.8, 4) is 12.3 Å². The number of nitrogens with one attached hydrogen (secondary N) is 6. The Balaban J connectivity index is 1.96. The molecule has 2 aliphatic heterocycles. The van der Waals surface area contributed by atoms with Gasteiger partial charge in [0.25, 0.3) is 20.2 Å². The molecule has 35 nitrogen and oxygen atoms in total. The van der Waals surface area contributed by atoms with Gasteiger partial charge < -0.3 is 115 Å². The number of hydrogen-bond donors (Lipinski definition) is 14. The van der Waals surface area contributed by atoms with E-state index in [-0.39, 0.29) is 85.4 Å². The van der Waals surface area contributed by atoms with Crippen LogP contribution in [-0.2, 0) is 72.4 Å². The molecule has 84 heavy (non-hydrogen) atoms. The second-order valence-electron chi connectivity index (χ2n) is 19.1. The highest BCUT2D eigenvalue weighted by atomic mass is 32.2. The number of carbonyl (C=O) groups excluding carboxylic acids is 4. The first kappa shape index (κ1) is 74.8. The zero-order valence-corrected chi connectivity index (χ0v) is 49.2. The Morgan fingerprint density at radius 3 is 1.52 bits per heavy atom. The Morgan fingerprint density at radius 1 is 0.631 bits per heavy atom. The van der Waals surface area contributed by atoms with Gasteiger partial charge in [-0.3, -0.25) is 24.7 Å². The monoisotopic (exact) mass is 1250 g/mol. The summed E-state index contributed by atoms with van der Waals surface area (Å²) in [7, 11) is -6.91. The molecule has 486 valence electrons. The molecule has 0 aromatic rings. The lowest BCUT2D eigenvalue weighted by Crippen LogP contribution is -2.67. The predicted molar refractivity (Wildman–Crippen MR) is 294 cm³/mol. The third-order valence-electron chi connectivity index (χ3n) is 12.7. The maximum absolute atomic E-state index is 13.3. The molecule has 2 heterocycles. The van der Waals surface area contributed by atoms with Crippen LogP contribution in [-0.4, -0.2) is 302 Å². The van der Waals surface area contributed by atoms with Crippen LogP contribution in [0, 0.1) is 23.2 Å². The first-order chi connectivity index (χ1) is 39.7. The number of amides is 4. The molecule has 0 aromatic carbocycles. The summed E-state index contributed by atoms with van der Waals surface area (Å²) in [6.45, 7) is 3.57. The predicted octanol–water partition coefficient (Wildman–Crippen LogP) is -4.92. The minimum Gasteiger partial charge on any atom is -0.447 e. The fourth-order valence-corrected chi connectivity index (χ4v) is 9.93. The van der Waals surface area contributed by atoms with E-state index in [2.05, 4.69) is 27.2 Å². The SMILES string of the molecule is C#CCOCCOCCOCCOCCOC(=O)N(CCCCCN(CC)C(=O)OC[C@@H](O)[C@@H](O)C1O[C@H](S(=O)(=O)O)C[C@H](NC(=N)N)[C@H]1NC(C)=O)CCOCCN(C)C(=O)OC[C@@H](O)[C@@H](O)C1OC(S(=O)(=O)O)C[C@H](NC(=N)N)[C@H]1NC. The molecule has 12 atom stereocenters. The molecule has 3 unspecified atom stereocenters. The van der Waals surface area contributed by atoms with Crippen LogP contribution in [0.1, 0.15) is 46.0 Å². The highest BCUT2D eigenvalue weighted by molar-refractivity contribution is 7.86. The highest BCUT2D eigenvalue weighted by Crippen LogP contribution is 2.29. The number of likely N-dealkylation sites (N-methyl/N-ethyl adjacent to an activating group) is 2. The van der Waals surface area contributed by atoms with Crippen molar-refractivity contribution in [1.82, 2.24) is 36.0 Å². The molecule has 16 N–H and O–H groups in total. The van der Waals surface area contributed by atoms with Gasteiger partial charge in [0.05, 0.1) is 83.6 Å². The van der Waals surface area contributed by atoms with Crippen molar-refractivity contribution in [2.75, 3.05) is 133 Å². The van der Waals surface area contributed by atoms with Crippen molar-refractivity contribution in [2.24, 2.45) is 11.5 Å². The molecule has 0 spiro atoms. The number of ether oxygens (including phenoxy) is 10. The van der Waals surface area contributed by atoms with Gasteiger partial charge in [-0.05, 0) is 33.2 Å². The quantitative estimate of drug-likeness (QED) is 0.00683. The van der Waals surface area contributed by atoms with Gasteiger partial charge in [0.15, 0.2) is 22.8 Å². The van der Waals surface area contributed by atoms with Crippen molar-refractivity contribution in [3.05, 3.63) is 0 Å². The van der Waals surface area contributed by atoms with E-state index in [1.54, 1.807) is 6.92 Å². The fourth-order valence-electron chi connectivity index (χ4n) is 8.49. The first-order valence-corrected chi connectivity index (χ1v) is 29.8. The van der Waals surface area contributed by atoms with E-state index in [1.165, 1.54) is 23.9 Å². The second kappa shape index (κ2) is 39.4. The summed E-state index contributed by atoms with van der Waals surface area (Å²) in [5, 5.41) is 69.2. The fraction of sp³-hybridized carbons (Fsp3) is 0.830. The van der Waals surface area contributed by atoms with Crippen LogP contribution in [0.2, 0.25) is 0 Å². The van der Waals surface area contributed by atoms with Gasteiger partial charge in [0, 0.05) is 59.5 Å². The van der Waals surface area contributed by atoms with Crippen LogP contribution in [0.5, 0.6) is 0 Å². The molecule has 2 fully saturated rings. The Morgan fingerprint density at radius 2 is 1.06 bits per heavy atom. The van der Waals surface area contributed by atoms with Crippen LogP contribution in [0.3, 0.4) is 0 Å². The number of aliphatic hydroxyl groups excluding tert-OH is 4. The van der Waals surface area contributed by atoms with Crippen molar-refractivity contribution < 1.29 is 113 Å². The Labute approximate surface area is 488 Å². The maximum atomic E-state index is 13.3. The number of aliphatic hydroxyl groups is 4. The molecular weight excluding hydrogens is 1170 g/mol. The summed E-state index contributed by atoms with van der Waals surface area (Å²) < 4.78 is 121. The largest absolute Gasteiger partial charge is 0.447 e. The van der Waals surface area contributed by atoms with Gasteiger partial charge in [-0.1, -0.05) is 5.92 Å². The van der Waals surface area contributed by atoms with E-state index in [0.29, 0.717) is 45.7 Å². The average Bonchev–Trinajstić information content (AvgIpc) is 1.54. The van der Waals surface area contributed by atoms with Crippen molar-refractivity contribution >= 4 is 56.3 Å². The number of carbonyl (C=O) groups is 4. The van der Waals surface area contributed by atoms with Gasteiger partial charge in [-0.15, -0.1) is 6.42 Å². The van der Waals surface area contributed by atoms with Crippen molar-refractivity contribution in [1.29, 1.82) is 10.8 Å². The number of terminal acetylenes is 1. The lowest BCUT2D eigenvalue weighted by molar-refractivity contribution is -0.149. The minimum absolute atomic E-state index is 0.0236. The van der Waals surface area contributed by atoms with Gasteiger partial charge >= 0.3 is 18.3 Å². The number of guanidine groups is 2. The van der Waals surface area contributed by atoms with E-state index in [0.717, 1.165) is 11.8 Å². The van der Waals surface area contributed by atoms with Crippen molar-refractivity contribution in [3.63, 3.8) is 0 Å². The van der Waals surface area contributed by atoms with Gasteiger partial charge in [-0.2, -0.15) is 16.8 Å². The first-order valence-electron chi connectivity index (χ1n) is 26.8. The lowest BCUT2D eigenvalue weighted by atomic mass is 9.90. The van der Waals surface area contributed by atoms with Crippen LogP contribution >= 0.6 is 0 Å². The maximum Gasteiger partial charge on any atom is 0.409 e. The summed E-state index contributed by atoms with van der Waals surface area (Å²) in [6.07, 6.45) is -7.79. The van der Waals surface area contributed by atoms with Crippen LogP contribution in [0.15, 0.2) is 0 Å². The normalized spacial score (nSPS) is 22.2. The molecule has 2 aliphatic rings. The molecule has 0 radical (unpaired) electrons. The lowest BCUT2D eigenvalue weighted by Gasteiger charge is -2.43. The number of hydrogen-bond acceptors (Lipinski definition) is 25. The third kappa shape index (κ3) is 28.3. The summed E-state index contributed by atoms with van der Waals surface area (Å²) in [6, 6.07) is -4.35. The molecule has 0 bridgehead atoms. The van der Waals surface area contributed by atoms with E-state index in [9.17, 15) is 65.5 Å². The van der Waals surface area contributed by atoms with Gasteiger partial charge in [0.2, 0.25) is 5.91 Å². The zero-order chi connectivity index (χ0) is 63.0. The zero-order valence-electron chi connectivity index (χ0n) is 47.6. The smallest absolute Gasteiger partial charge is 0.409 e. The number of rotatable bonds is 40. The molecule has 37 heteroatoms. The molecule has 0 aliphatic carbocycles. The molecule has 2 rings (SSSR count). The van der Waals surface area contributed by atoms with E-state index in [1.807, 2.05) is 0 Å². The Bertz CT molecular complexity index is 2280. The molecule has 2 saturated heterocycles. The molecule has 4 amide bonds. The molecule has 0 aromatic heterocycles. The standard InChI is InChI=1S/C47H87N11O24S2/c1-6-15-73-18-19-75-20-21-76-22-23-77-24-25-78-47(66)58(14-17-74-16-13-56(5)45(64)79-28-33(60)39(62)41-37(52-4)31(54-43(48)49)26-35(81-41)83(67,68)69)12-10-8-9-11-57(7-2)46(65)80-29-34(61)40(63)42-38(53-30(3)59)32(55-44(50)51)27-36(82-42)84(70,71)72/h1,31-42,52,60-63H,7-29H2,2-5H3,(H,53,59)(H4,48,49,54)(H4,50,51,55)(H,67,68,69)(H,70,71,72)/t31-,32-,33+,34+,35?,36+,37+,38+,39+,40+,41?,42?/m0/s1. The minimum atomic E-state index is -4.91. The van der Waals surface area contributed by atoms with Gasteiger partial charge in [-0.25, -0.2) is 14.4 Å². The summed E-state index contributed by atoms with van der Waals surface area (Å²) in [4.78, 5) is 55.1. The summed E-state index contributed by atoms with van der Waals surface area (Å²) >= 11 is 0. The van der Waals surface area contributed by atoms with Crippen molar-refractivity contribution in [2.45, 2.75) is 118 Å². The van der Waals surface area contributed by atoms with E-state index < -0.39 is 148 Å².